The fourth-order valence-corrected chi connectivity index (χ4v) is 3.04. The summed E-state index contributed by atoms with van der Waals surface area (Å²) < 4.78 is 1.27. The Morgan fingerprint density at radius 1 is 1.07 bits per heavy atom. The summed E-state index contributed by atoms with van der Waals surface area (Å²) in [6.07, 6.45) is 2.02. The van der Waals surface area contributed by atoms with Crippen LogP contribution in [0.2, 0.25) is 0 Å². The number of anilines is 1. The van der Waals surface area contributed by atoms with E-state index in [1.807, 2.05) is 0 Å². The van der Waals surface area contributed by atoms with Crippen LogP contribution in [0, 0.1) is 0 Å². The lowest BCUT2D eigenvalue weighted by Crippen LogP contribution is -2.27. The molecule has 2 amide bonds. The van der Waals surface area contributed by atoms with E-state index in [2.05, 4.69) is 15.7 Å². The monoisotopic (exact) mass is 376 g/mol. The highest BCUT2D eigenvalue weighted by Crippen LogP contribution is 2.20. The number of benzene rings is 2. The second-order valence-corrected chi connectivity index (χ2v) is 6.80. The number of carbonyl (C=O) groups is 2. The van der Waals surface area contributed by atoms with Gasteiger partial charge in [-0.2, -0.15) is 5.10 Å². The van der Waals surface area contributed by atoms with E-state index in [0.717, 1.165) is 12.8 Å². The molecule has 0 saturated heterocycles. The summed E-state index contributed by atoms with van der Waals surface area (Å²) in [5.41, 5.74) is 0.924. The number of hydrogen-bond donors (Lipinski definition) is 2. The molecule has 4 rings (SSSR count). The van der Waals surface area contributed by atoms with Gasteiger partial charge in [0, 0.05) is 29.2 Å². The molecule has 1 heterocycles. The summed E-state index contributed by atoms with van der Waals surface area (Å²) in [4.78, 5) is 37.5. The van der Waals surface area contributed by atoms with Crippen LogP contribution in [0.3, 0.4) is 0 Å². The fraction of sp³-hybridized carbons (Fsp3) is 0.238. The normalized spacial score (nSPS) is 13.3. The minimum Gasteiger partial charge on any atom is -0.349 e. The van der Waals surface area contributed by atoms with Crippen molar-refractivity contribution in [3.05, 3.63) is 70.1 Å². The molecule has 2 aromatic carbocycles. The molecule has 1 aliphatic rings. The van der Waals surface area contributed by atoms with Gasteiger partial charge in [0.15, 0.2) is 5.69 Å². The van der Waals surface area contributed by atoms with E-state index in [9.17, 15) is 14.4 Å². The first-order valence-electron chi connectivity index (χ1n) is 9.29. The number of rotatable bonds is 5. The van der Waals surface area contributed by atoms with Crippen LogP contribution in [0.25, 0.3) is 10.8 Å². The zero-order valence-corrected chi connectivity index (χ0v) is 15.4. The third-order valence-electron chi connectivity index (χ3n) is 4.68. The SMILES string of the molecule is CCn1nc(C(=O)Nc2cccc(C(=O)NC3CC3)c2)c2ccccc2c1=O. The molecule has 2 N–H and O–H groups in total. The van der Waals surface area contributed by atoms with Crippen molar-refractivity contribution >= 4 is 28.3 Å². The predicted molar refractivity (Wildman–Crippen MR) is 107 cm³/mol. The summed E-state index contributed by atoms with van der Waals surface area (Å²) in [7, 11) is 0. The summed E-state index contributed by atoms with van der Waals surface area (Å²) in [5.74, 6) is -0.583. The Kier molecular flexibility index (Phi) is 4.65. The van der Waals surface area contributed by atoms with Gasteiger partial charge in [-0.15, -0.1) is 0 Å². The van der Waals surface area contributed by atoms with Crippen molar-refractivity contribution in [2.45, 2.75) is 32.4 Å². The van der Waals surface area contributed by atoms with Crippen LogP contribution in [0.4, 0.5) is 5.69 Å². The van der Waals surface area contributed by atoms with Crippen LogP contribution in [0.5, 0.6) is 0 Å². The zero-order chi connectivity index (χ0) is 19.7. The first-order chi connectivity index (χ1) is 13.6. The van der Waals surface area contributed by atoms with Crippen molar-refractivity contribution in [1.82, 2.24) is 15.1 Å². The Labute approximate surface area is 161 Å². The number of nitrogens with zero attached hydrogens (tertiary/aromatic N) is 2. The number of fused-ring (bicyclic) bond motifs is 1. The van der Waals surface area contributed by atoms with E-state index in [0.29, 0.717) is 28.6 Å². The molecule has 0 unspecified atom stereocenters. The van der Waals surface area contributed by atoms with Crippen LogP contribution in [0.15, 0.2) is 53.3 Å². The third-order valence-corrected chi connectivity index (χ3v) is 4.68. The van der Waals surface area contributed by atoms with Crippen molar-refractivity contribution in [2.75, 3.05) is 5.32 Å². The largest absolute Gasteiger partial charge is 0.349 e. The molecule has 1 fully saturated rings. The molecule has 0 spiro atoms. The summed E-state index contributed by atoms with van der Waals surface area (Å²) in [5, 5.41) is 10.9. The average Bonchev–Trinajstić information content (AvgIpc) is 3.52. The molecule has 0 atom stereocenters. The number of aryl methyl sites for hydroxylation is 1. The molecular weight excluding hydrogens is 356 g/mol. The van der Waals surface area contributed by atoms with E-state index in [4.69, 9.17) is 0 Å². The zero-order valence-electron chi connectivity index (χ0n) is 15.4. The lowest BCUT2D eigenvalue weighted by atomic mass is 10.1. The Hall–Kier alpha value is -3.48. The third kappa shape index (κ3) is 3.51. The molecule has 0 bridgehead atoms. The topological polar surface area (TPSA) is 93.1 Å². The van der Waals surface area contributed by atoms with Crippen molar-refractivity contribution in [3.8, 4) is 0 Å². The smallest absolute Gasteiger partial charge is 0.276 e. The maximum Gasteiger partial charge on any atom is 0.276 e. The second kappa shape index (κ2) is 7.26. The Morgan fingerprint density at radius 2 is 1.82 bits per heavy atom. The van der Waals surface area contributed by atoms with Crippen LogP contribution >= 0.6 is 0 Å². The first-order valence-corrected chi connectivity index (χ1v) is 9.29. The van der Waals surface area contributed by atoms with Crippen LogP contribution in [-0.2, 0) is 6.54 Å². The molecule has 28 heavy (non-hydrogen) atoms. The molecule has 0 radical (unpaired) electrons. The lowest BCUT2D eigenvalue weighted by molar-refractivity contribution is 0.0949. The van der Waals surface area contributed by atoms with Gasteiger partial charge in [-0.1, -0.05) is 24.3 Å². The Morgan fingerprint density at radius 3 is 2.54 bits per heavy atom. The van der Waals surface area contributed by atoms with Crippen LogP contribution in [-0.4, -0.2) is 27.6 Å². The van der Waals surface area contributed by atoms with Gasteiger partial charge in [0.1, 0.15) is 0 Å². The van der Waals surface area contributed by atoms with Gasteiger partial charge in [0.05, 0.1) is 5.39 Å². The maximum absolute atomic E-state index is 12.9. The van der Waals surface area contributed by atoms with Crippen molar-refractivity contribution < 1.29 is 9.59 Å². The Balaban J connectivity index is 1.65. The highest BCUT2D eigenvalue weighted by molar-refractivity contribution is 6.11. The number of aromatic nitrogens is 2. The van der Waals surface area contributed by atoms with Gasteiger partial charge in [-0.3, -0.25) is 14.4 Å². The minimum absolute atomic E-state index is 0.151. The highest BCUT2D eigenvalue weighted by atomic mass is 16.2. The standard InChI is InChI=1S/C21H20N4O3/c1-2-25-21(28)17-9-4-3-8-16(17)18(24-25)20(27)23-15-7-5-6-13(12-15)19(26)22-14-10-11-14/h3-9,12,14H,2,10-11H2,1H3,(H,22,26)(H,23,27). The van der Waals surface area contributed by atoms with E-state index < -0.39 is 5.91 Å². The van der Waals surface area contributed by atoms with Gasteiger partial charge in [-0.25, -0.2) is 4.68 Å². The molecule has 7 nitrogen and oxygen atoms in total. The van der Waals surface area contributed by atoms with Gasteiger partial charge in [0.2, 0.25) is 0 Å². The molecule has 1 aromatic heterocycles. The molecule has 7 heteroatoms. The maximum atomic E-state index is 12.9. The van der Waals surface area contributed by atoms with Crippen LogP contribution in [0.1, 0.15) is 40.6 Å². The number of carbonyl (C=O) groups excluding carboxylic acids is 2. The number of amides is 2. The second-order valence-electron chi connectivity index (χ2n) is 6.80. The average molecular weight is 376 g/mol. The van der Waals surface area contributed by atoms with Crippen molar-refractivity contribution in [1.29, 1.82) is 0 Å². The quantitative estimate of drug-likeness (QED) is 0.716. The van der Waals surface area contributed by atoms with Crippen molar-refractivity contribution in [3.63, 3.8) is 0 Å². The van der Waals surface area contributed by atoms with Crippen LogP contribution < -0.4 is 16.2 Å². The van der Waals surface area contributed by atoms with E-state index >= 15 is 0 Å². The molecule has 1 saturated carbocycles. The predicted octanol–water partition coefficient (Wildman–Crippen LogP) is 2.56. The van der Waals surface area contributed by atoms with Crippen molar-refractivity contribution in [2.24, 2.45) is 0 Å². The van der Waals surface area contributed by atoms with E-state index in [1.54, 1.807) is 55.5 Å². The molecular formula is C21H20N4O3. The lowest BCUT2D eigenvalue weighted by Gasteiger charge is -2.11. The summed E-state index contributed by atoms with van der Waals surface area (Å²) >= 11 is 0. The van der Waals surface area contributed by atoms with Gasteiger partial charge < -0.3 is 10.6 Å². The van der Waals surface area contributed by atoms with Gasteiger partial charge in [-0.05, 0) is 44.0 Å². The molecule has 142 valence electrons. The van der Waals surface area contributed by atoms with E-state index in [1.165, 1.54) is 4.68 Å². The first kappa shape index (κ1) is 17.9. The van der Waals surface area contributed by atoms with E-state index in [-0.39, 0.29) is 23.2 Å². The molecule has 0 aliphatic heterocycles. The number of nitrogens with one attached hydrogen (secondary N) is 2. The summed E-state index contributed by atoms with van der Waals surface area (Å²) in [6.45, 7) is 2.16. The highest BCUT2D eigenvalue weighted by Gasteiger charge is 2.24. The summed E-state index contributed by atoms with van der Waals surface area (Å²) in [6, 6.07) is 13.9. The van der Waals surface area contributed by atoms with Gasteiger partial charge >= 0.3 is 0 Å². The minimum atomic E-state index is -0.432. The molecule has 1 aliphatic carbocycles. The fourth-order valence-electron chi connectivity index (χ4n) is 3.04. The molecule has 3 aromatic rings. The Bertz CT molecular complexity index is 1130. The van der Waals surface area contributed by atoms with Gasteiger partial charge in [0.25, 0.3) is 17.4 Å². The number of hydrogen-bond acceptors (Lipinski definition) is 4.